The maximum atomic E-state index is 13.2. The van der Waals surface area contributed by atoms with Crippen LogP contribution in [0.5, 0.6) is 0 Å². The molecular formula is C21H13BrN2O3. The summed E-state index contributed by atoms with van der Waals surface area (Å²) in [5.74, 6) is -1.10. The summed E-state index contributed by atoms with van der Waals surface area (Å²) < 4.78 is 0.725. The third-order valence-electron chi connectivity index (χ3n) is 4.43. The first-order valence-corrected chi connectivity index (χ1v) is 9.04. The van der Waals surface area contributed by atoms with Crippen LogP contribution in [0.3, 0.4) is 0 Å². The van der Waals surface area contributed by atoms with E-state index in [9.17, 15) is 9.59 Å². The number of hydrogen-bond donors (Lipinski definition) is 1. The van der Waals surface area contributed by atoms with Crippen molar-refractivity contribution in [1.29, 1.82) is 0 Å². The number of carboxylic acids is 1. The fraction of sp³-hybridized carbons (Fsp3) is 0.0476. The van der Waals surface area contributed by atoms with Gasteiger partial charge in [-0.25, -0.2) is 4.79 Å². The van der Waals surface area contributed by atoms with Gasteiger partial charge in [-0.05, 0) is 24.3 Å². The summed E-state index contributed by atoms with van der Waals surface area (Å²) in [7, 11) is 0. The number of carbonyl (C=O) groups excluding carboxylic acids is 1. The Morgan fingerprint density at radius 1 is 1.00 bits per heavy atom. The Balaban J connectivity index is 1.80. The quantitative estimate of drug-likeness (QED) is 0.742. The lowest BCUT2D eigenvalue weighted by Gasteiger charge is -2.15. The van der Waals surface area contributed by atoms with Gasteiger partial charge in [-0.2, -0.15) is 5.10 Å². The Kier molecular flexibility index (Phi) is 4.41. The van der Waals surface area contributed by atoms with Crippen LogP contribution in [0, 0.1) is 0 Å². The number of rotatable bonds is 4. The molecule has 0 unspecified atom stereocenters. The van der Waals surface area contributed by atoms with Crippen LogP contribution in [0.4, 0.5) is 0 Å². The van der Waals surface area contributed by atoms with Crippen LogP contribution in [-0.4, -0.2) is 28.3 Å². The Morgan fingerprint density at radius 3 is 2.44 bits per heavy atom. The van der Waals surface area contributed by atoms with E-state index in [4.69, 9.17) is 5.11 Å². The molecular weight excluding hydrogens is 408 g/mol. The minimum absolute atomic E-state index is 0.113. The summed E-state index contributed by atoms with van der Waals surface area (Å²) in [6, 6.07) is 13.7. The van der Waals surface area contributed by atoms with Crippen molar-refractivity contribution in [3.05, 3.63) is 93.0 Å². The molecule has 0 atom stereocenters. The van der Waals surface area contributed by atoms with Gasteiger partial charge in [0.2, 0.25) is 0 Å². The van der Waals surface area contributed by atoms with E-state index in [0.717, 1.165) is 15.7 Å². The van der Waals surface area contributed by atoms with E-state index in [0.29, 0.717) is 28.8 Å². The number of benzene rings is 2. The average molecular weight is 421 g/mol. The first-order valence-electron chi connectivity index (χ1n) is 8.25. The van der Waals surface area contributed by atoms with Crippen LogP contribution >= 0.6 is 15.9 Å². The van der Waals surface area contributed by atoms with E-state index < -0.39 is 5.97 Å². The predicted molar refractivity (Wildman–Crippen MR) is 107 cm³/mol. The zero-order valence-corrected chi connectivity index (χ0v) is 15.6. The first-order chi connectivity index (χ1) is 13.1. The molecule has 0 bridgehead atoms. The molecule has 0 spiro atoms. The summed E-state index contributed by atoms with van der Waals surface area (Å²) in [4.78, 5) is 24.2. The molecule has 0 radical (unpaired) electrons. The van der Waals surface area contributed by atoms with Crippen molar-refractivity contribution in [2.24, 2.45) is 10.2 Å². The van der Waals surface area contributed by atoms with Crippen LogP contribution in [0.15, 0.2) is 86.5 Å². The van der Waals surface area contributed by atoms with Crippen molar-refractivity contribution in [2.75, 3.05) is 0 Å². The number of halogens is 1. The maximum Gasteiger partial charge on any atom is 0.335 e. The van der Waals surface area contributed by atoms with Crippen molar-refractivity contribution >= 4 is 39.1 Å². The minimum atomic E-state index is -0.989. The summed E-state index contributed by atoms with van der Waals surface area (Å²) in [6.45, 7) is 0. The number of hydrogen-bond acceptors (Lipinski definition) is 4. The van der Waals surface area contributed by atoms with Gasteiger partial charge in [0.1, 0.15) is 5.71 Å². The largest absolute Gasteiger partial charge is 0.478 e. The number of allylic oxidation sites excluding steroid dienone is 4. The van der Waals surface area contributed by atoms with Gasteiger partial charge >= 0.3 is 5.97 Å². The normalized spacial score (nSPS) is 15.3. The highest BCUT2D eigenvalue weighted by Crippen LogP contribution is 2.30. The van der Waals surface area contributed by atoms with Gasteiger partial charge in [-0.15, -0.1) is 5.10 Å². The van der Waals surface area contributed by atoms with Crippen LogP contribution in [0.25, 0.3) is 0 Å². The fourth-order valence-corrected chi connectivity index (χ4v) is 3.56. The van der Waals surface area contributed by atoms with E-state index in [2.05, 4.69) is 26.1 Å². The van der Waals surface area contributed by atoms with E-state index in [1.54, 1.807) is 18.2 Å². The second-order valence-corrected chi connectivity index (χ2v) is 6.94. The molecule has 0 aromatic heterocycles. The summed E-state index contributed by atoms with van der Waals surface area (Å²) in [5, 5.41) is 17.6. The zero-order valence-electron chi connectivity index (χ0n) is 14.0. The number of Topliss-reactive ketones (excluding diaryl/α,β-unsaturated/α-hetero) is 1. The summed E-state index contributed by atoms with van der Waals surface area (Å²) >= 11 is 3.43. The molecule has 0 amide bonds. The SMILES string of the molecule is O=C(O)c1ccc(C2=NN=C3CC=CC(C(=O)c4ccccc4Br)=C32)cc1. The predicted octanol–water partition coefficient (Wildman–Crippen LogP) is 4.45. The molecule has 2 aromatic carbocycles. The van der Waals surface area contributed by atoms with E-state index in [1.807, 2.05) is 30.4 Å². The van der Waals surface area contributed by atoms with Gasteiger partial charge in [0.15, 0.2) is 5.78 Å². The Morgan fingerprint density at radius 2 is 1.74 bits per heavy atom. The molecule has 6 heteroatoms. The average Bonchev–Trinajstić information content (AvgIpc) is 3.12. The van der Waals surface area contributed by atoms with Crippen LogP contribution in [0.1, 0.15) is 32.7 Å². The third kappa shape index (κ3) is 3.08. The molecule has 132 valence electrons. The molecule has 5 nitrogen and oxygen atoms in total. The fourth-order valence-electron chi connectivity index (χ4n) is 3.10. The van der Waals surface area contributed by atoms with Crippen LogP contribution in [0.2, 0.25) is 0 Å². The standard InChI is InChI=1S/C21H13BrN2O3/c22-16-6-2-1-4-14(16)20(25)15-5-3-7-17-18(15)19(24-23-17)12-8-10-13(11-9-12)21(26)27/h1-6,8-11H,7H2,(H,26,27). The van der Waals surface area contributed by atoms with Crippen molar-refractivity contribution < 1.29 is 14.7 Å². The number of carbonyl (C=O) groups is 2. The number of aromatic carboxylic acids is 1. The zero-order chi connectivity index (χ0) is 19.0. The molecule has 4 rings (SSSR count). The molecule has 1 aliphatic carbocycles. The summed E-state index contributed by atoms with van der Waals surface area (Å²) in [5.41, 5.74) is 4.05. The van der Waals surface area contributed by atoms with Gasteiger partial charge in [-0.1, -0.05) is 52.3 Å². The maximum absolute atomic E-state index is 13.2. The number of nitrogens with zero attached hydrogens (tertiary/aromatic N) is 2. The van der Waals surface area contributed by atoms with E-state index in [-0.39, 0.29) is 11.3 Å². The van der Waals surface area contributed by atoms with Gasteiger partial charge in [0.05, 0.1) is 11.3 Å². The Bertz CT molecular complexity index is 1090. The molecule has 2 aliphatic rings. The monoisotopic (exact) mass is 420 g/mol. The summed E-state index contributed by atoms with van der Waals surface area (Å²) in [6.07, 6.45) is 4.31. The number of fused-ring (bicyclic) bond motifs is 1. The Hall–Kier alpha value is -3.12. The molecule has 0 fully saturated rings. The van der Waals surface area contributed by atoms with Crippen LogP contribution < -0.4 is 0 Å². The smallest absolute Gasteiger partial charge is 0.335 e. The second-order valence-electron chi connectivity index (χ2n) is 6.08. The van der Waals surface area contributed by atoms with Crippen molar-refractivity contribution in [1.82, 2.24) is 0 Å². The van der Waals surface area contributed by atoms with Crippen molar-refractivity contribution in [3.8, 4) is 0 Å². The highest BCUT2D eigenvalue weighted by molar-refractivity contribution is 9.10. The second kappa shape index (κ2) is 6.89. The topological polar surface area (TPSA) is 79.1 Å². The number of carboxylic acid groups (broad SMARTS) is 1. The highest BCUT2D eigenvalue weighted by atomic mass is 79.9. The molecule has 27 heavy (non-hydrogen) atoms. The van der Waals surface area contributed by atoms with Gasteiger partial charge in [0.25, 0.3) is 0 Å². The lowest BCUT2D eigenvalue weighted by Crippen LogP contribution is -2.19. The lowest BCUT2D eigenvalue weighted by atomic mass is 9.86. The first kappa shape index (κ1) is 17.3. The van der Waals surface area contributed by atoms with E-state index >= 15 is 0 Å². The molecule has 1 N–H and O–H groups in total. The van der Waals surface area contributed by atoms with Gasteiger partial charge < -0.3 is 5.11 Å². The number of ketones is 1. The lowest BCUT2D eigenvalue weighted by molar-refractivity contribution is 0.0696. The van der Waals surface area contributed by atoms with E-state index in [1.165, 1.54) is 12.1 Å². The van der Waals surface area contributed by atoms with Crippen molar-refractivity contribution in [2.45, 2.75) is 6.42 Å². The van der Waals surface area contributed by atoms with Crippen molar-refractivity contribution in [3.63, 3.8) is 0 Å². The minimum Gasteiger partial charge on any atom is -0.478 e. The van der Waals surface area contributed by atoms with Crippen LogP contribution in [-0.2, 0) is 0 Å². The molecule has 2 aromatic rings. The molecule has 0 saturated carbocycles. The Labute approximate surface area is 163 Å². The molecule has 0 saturated heterocycles. The third-order valence-corrected chi connectivity index (χ3v) is 5.12. The molecule has 1 aliphatic heterocycles. The van der Waals surface area contributed by atoms with Gasteiger partial charge in [-0.3, -0.25) is 4.79 Å². The highest BCUT2D eigenvalue weighted by Gasteiger charge is 2.29. The van der Waals surface area contributed by atoms with Gasteiger partial charge in [0, 0.05) is 33.2 Å². The molecule has 1 heterocycles.